The Morgan fingerprint density at radius 1 is 1.28 bits per heavy atom. The van der Waals surface area contributed by atoms with E-state index < -0.39 is 0 Å². The van der Waals surface area contributed by atoms with E-state index in [2.05, 4.69) is 23.7 Å². The van der Waals surface area contributed by atoms with Crippen LogP contribution in [0, 0.1) is 0 Å². The van der Waals surface area contributed by atoms with Gasteiger partial charge in [0, 0.05) is 53.4 Å². The summed E-state index contributed by atoms with van der Waals surface area (Å²) in [7, 11) is 1.39. The highest BCUT2D eigenvalue weighted by Gasteiger charge is 2.50. The second-order valence-electron chi connectivity index (χ2n) is 8.42. The van der Waals surface area contributed by atoms with E-state index in [1.807, 2.05) is 29.3 Å². The number of ether oxygens (including phenoxy) is 1. The van der Waals surface area contributed by atoms with E-state index in [0.29, 0.717) is 24.7 Å². The Kier molecular flexibility index (Phi) is 6.74. The van der Waals surface area contributed by atoms with Crippen LogP contribution in [-0.2, 0) is 27.9 Å². The molecule has 0 N–H and O–H groups in total. The summed E-state index contributed by atoms with van der Waals surface area (Å²) in [6, 6.07) is 5.67. The molecule has 1 spiro atoms. The van der Waals surface area contributed by atoms with Gasteiger partial charge in [-0.15, -0.1) is 11.3 Å². The molecule has 1 aromatic heterocycles. The molecule has 2 amide bonds. The molecule has 0 saturated carbocycles. The highest BCUT2D eigenvalue weighted by molar-refractivity contribution is 7.11. The molecule has 1 aromatic carbocycles. The maximum atomic E-state index is 13.4. The monoisotopic (exact) mass is 476 g/mol. The molecule has 1 unspecified atom stereocenters. The van der Waals surface area contributed by atoms with Crippen molar-refractivity contribution in [3.8, 4) is 0 Å². The van der Waals surface area contributed by atoms with Gasteiger partial charge in [-0.05, 0) is 43.3 Å². The maximum absolute atomic E-state index is 13.4. The standard InChI is InChI=1S/C23H29ClN4O3S/c1-4-26(5-2)13-17-12-25-20(32-17)11-21(29)28-15-23(8-9-27(14-23)22(30)31-3)18-10-16(24)6-7-19(18)28/h6-7,10,12H,4-5,8-9,11,13-15H2,1-3H3. The first-order chi connectivity index (χ1) is 15.4. The van der Waals surface area contributed by atoms with Gasteiger partial charge in [0.25, 0.3) is 0 Å². The van der Waals surface area contributed by atoms with E-state index in [1.54, 1.807) is 16.2 Å². The number of halogens is 1. The molecule has 2 aliphatic rings. The third kappa shape index (κ3) is 4.36. The summed E-state index contributed by atoms with van der Waals surface area (Å²) in [6.45, 7) is 8.77. The molecule has 1 atom stereocenters. The van der Waals surface area contributed by atoms with Crippen LogP contribution in [0.3, 0.4) is 0 Å². The summed E-state index contributed by atoms with van der Waals surface area (Å²) in [5, 5.41) is 1.46. The second kappa shape index (κ2) is 9.37. The average Bonchev–Trinajstić information content (AvgIpc) is 3.50. The zero-order chi connectivity index (χ0) is 22.9. The number of amides is 2. The Labute approximate surface area is 197 Å². The lowest BCUT2D eigenvalue weighted by Gasteiger charge is -2.25. The maximum Gasteiger partial charge on any atom is 0.409 e. The summed E-state index contributed by atoms with van der Waals surface area (Å²) in [5.41, 5.74) is 1.60. The number of carbonyl (C=O) groups excluding carboxylic acids is 2. The van der Waals surface area contributed by atoms with Crippen LogP contribution in [0.1, 0.15) is 35.7 Å². The summed E-state index contributed by atoms with van der Waals surface area (Å²) >= 11 is 7.92. The average molecular weight is 477 g/mol. The van der Waals surface area contributed by atoms with Gasteiger partial charge in [-0.2, -0.15) is 0 Å². The Morgan fingerprint density at radius 2 is 2.06 bits per heavy atom. The molecule has 2 aromatic rings. The van der Waals surface area contributed by atoms with E-state index >= 15 is 0 Å². The number of benzene rings is 1. The van der Waals surface area contributed by atoms with Gasteiger partial charge in [0.1, 0.15) is 5.01 Å². The van der Waals surface area contributed by atoms with E-state index in [4.69, 9.17) is 16.3 Å². The molecular formula is C23H29ClN4O3S. The fraction of sp³-hybridized carbons (Fsp3) is 0.522. The molecule has 3 heterocycles. The molecule has 32 heavy (non-hydrogen) atoms. The lowest BCUT2D eigenvalue weighted by molar-refractivity contribution is -0.118. The number of nitrogens with zero attached hydrogens (tertiary/aromatic N) is 4. The molecule has 0 radical (unpaired) electrons. The first kappa shape index (κ1) is 23.0. The highest BCUT2D eigenvalue weighted by atomic mass is 35.5. The predicted octanol–water partition coefficient (Wildman–Crippen LogP) is 3.94. The molecule has 7 nitrogen and oxygen atoms in total. The van der Waals surface area contributed by atoms with Gasteiger partial charge in [0.15, 0.2) is 0 Å². The van der Waals surface area contributed by atoms with Crippen LogP contribution in [0.5, 0.6) is 0 Å². The number of likely N-dealkylation sites (tertiary alicyclic amines) is 1. The minimum Gasteiger partial charge on any atom is -0.453 e. The number of hydrogen-bond acceptors (Lipinski definition) is 6. The van der Waals surface area contributed by atoms with Crippen LogP contribution in [0.15, 0.2) is 24.4 Å². The van der Waals surface area contributed by atoms with E-state index in [0.717, 1.165) is 42.3 Å². The Bertz CT molecular complexity index is 1010. The number of rotatable bonds is 6. The number of anilines is 1. The quantitative estimate of drug-likeness (QED) is 0.631. The van der Waals surface area contributed by atoms with Gasteiger partial charge >= 0.3 is 6.09 Å². The number of fused-ring (bicyclic) bond motifs is 2. The van der Waals surface area contributed by atoms with E-state index in [9.17, 15) is 9.59 Å². The lowest BCUT2D eigenvalue weighted by Crippen LogP contribution is -2.40. The number of thiazole rings is 1. The number of carbonyl (C=O) groups is 2. The summed E-state index contributed by atoms with van der Waals surface area (Å²) < 4.78 is 4.92. The van der Waals surface area contributed by atoms with Gasteiger partial charge in [0.05, 0.1) is 13.5 Å². The molecule has 0 aliphatic carbocycles. The van der Waals surface area contributed by atoms with E-state index in [1.165, 1.54) is 12.0 Å². The van der Waals surface area contributed by atoms with Crippen molar-refractivity contribution in [2.45, 2.75) is 38.6 Å². The normalized spacial score (nSPS) is 19.8. The van der Waals surface area contributed by atoms with Crippen LogP contribution in [-0.4, -0.2) is 66.6 Å². The molecule has 9 heteroatoms. The van der Waals surface area contributed by atoms with E-state index in [-0.39, 0.29) is 23.8 Å². The molecule has 4 rings (SSSR count). The number of hydrogen-bond donors (Lipinski definition) is 0. The van der Waals surface area contributed by atoms with Crippen molar-refractivity contribution in [2.75, 3.05) is 44.7 Å². The van der Waals surface area contributed by atoms with Gasteiger partial charge in [-0.3, -0.25) is 9.69 Å². The fourth-order valence-electron chi connectivity index (χ4n) is 4.77. The molecule has 1 saturated heterocycles. The summed E-state index contributed by atoms with van der Waals surface area (Å²) in [4.78, 5) is 37.0. The van der Waals surface area contributed by atoms with Gasteiger partial charge in [-0.1, -0.05) is 25.4 Å². The van der Waals surface area contributed by atoms with Gasteiger partial charge in [0.2, 0.25) is 5.91 Å². The van der Waals surface area contributed by atoms with Crippen molar-refractivity contribution in [2.24, 2.45) is 0 Å². The Morgan fingerprint density at radius 3 is 2.78 bits per heavy atom. The Hall–Kier alpha value is -2.16. The molecule has 0 bridgehead atoms. The Balaban J connectivity index is 1.53. The van der Waals surface area contributed by atoms with Crippen LogP contribution >= 0.6 is 22.9 Å². The fourth-order valence-corrected chi connectivity index (χ4v) is 5.89. The minimum atomic E-state index is -0.334. The van der Waals surface area contributed by atoms with Crippen molar-refractivity contribution in [3.05, 3.63) is 44.9 Å². The molecule has 172 valence electrons. The SMILES string of the molecule is CCN(CC)Cc1cnc(CC(=O)N2CC3(CCN(C(=O)OC)C3)c3cc(Cl)ccc32)s1. The highest BCUT2D eigenvalue weighted by Crippen LogP contribution is 2.47. The van der Waals surface area contributed by atoms with Crippen molar-refractivity contribution in [3.63, 3.8) is 0 Å². The lowest BCUT2D eigenvalue weighted by atomic mass is 9.81. The van der Waals surface area contributed by atoms with Gasteiger partial charge in [-0.25, -0.2) is 9.78 Å². The molecule has 1 fully saturated rings. The summed E-state index contributed by atoms with van der Waals surface area (Å²) in [5.74, 6) is 0.0192. The minimum absolute atomic E-state index is 0.0192. The van der Waals surface area contributed by atoms with Crippen molar-refractivity contribution in [1.29, 1.82) is 0 Å². The molecule has 2 aliphatic heterocycles. The van der Waals surface area contributed by atoms with Crippen LogP contribution < -0.4 is 4.90 Å². The summed E-state index contributed by atoms with van der Waals surface area (Å²) in [6.07, 6.45) is 2.58. The van der Waals surface area contributed by atoms with Crippen molar-refractivity contribution >= 4 is 40.6 Å². The van der Waals surface area contributed by atoms with Crippen LogP contribution in [0.4, 0.5) is 10.5 Å². The third-order valence-electron chi connectivity index (χ3n) is 6.55. The first-order valence-electron chi connectivity index (χ1n) is 11.0. The third-order valence-corrected chi connectivity index (χ3v) is 7.76. The zero-order valence-corrected chi connectivity index (χ0v) is 20.3. The van der Waals surface area contributed by atoms with Crippen molar-refractivity contribution in [1.82, 2.24) is 14.8 Å². The zero-order valence-electron chi connectivity index (χ0n) is 18.8. The van der Waals surface area contributed by atoms with Crippen LogP contribution in [0.25, 0.3) is 0 Å². The topological polar surface area (TPSA) is 66.0 Å². The molecular weight excluding hydrogens is 448 g/mol. The number of aromatic nitrogens is 1. The van der Waals surface area contributed by atoms with Crippen LogP contribution in [0.2, 0.25) is 5.02 Å². The smallest absolute Gasteiger partial charge is 0.409 e. The number of methoxy groups -OCH3 is 1. The predicted molar refractivity (Wildman–Crippen MR) is 127 cm³/mol. The van der Waals surface area contributed by atoms with Crippen molar-refractivity contribution < 1.29 is 14.3 Å². The second-order valence-corrected chi connectivity index (χ2v) is 10.1. The largest absolute Gasteiger partial charge is 0.453 e. The first-order valence-corrected chi connectivity index (χ1v) is 12.2. The van der Waals surface area contributed by atoms with Gasteiger partial charge < -0.3 is 14.5 Å².